The van der Waals surface area contributed by atoms with E-state index in [4.69, 9.17) is 4.74 Å². The van der Waals surface area contributed by atoms with Crippen molar-refractivity contribution in [2.24, 2.45) is 5.92 Å². The molecule has 1 aromatic rings. The zero-order valence-corrected chi connectivity index (χ0v) is 12.9. The lowest BCUT2D eigenvalue weighted by Gasteiger charge is -2.02. The number of hydrogen-bond acceptors (Lipinski definition) is 4. The highest BCUT2D eigenvalue weighted by atomic mass is 16.5. The van der Waals surface area contributed by atoms with E-state index >= 15 is 0 Å². The fourth-order valence-corrected chi connectivity index (χ4v) is 1.27. The molecule has 20 heavy (non-hydrogen) atoms. The molecule has 0 atom stereocenters. The molecule has 0 spiro atoms. The number of benzene rings is 1. The molecule has 0 aromatic heterocycles. The summed E-state index contributed by atoms with van der Waals surface area (Å²) in [5.41, 5.74) is 1.69. The smallest absolute Gasteiger partial charge is 0.338 e. The van der Waals surface area contributed by atoms with Crippen molar-refractivity contribution < 1.29 is 19.1 Å². The molecule has 1 rings (SSSR count). The molecule has 4 heteroatoms. The minimum atomic E-state index is -0.249. The maximum absolute atomic E-state index is 11.2. The van der Waals surface area contributed by atoms with Crippen LogP contribution in [-0.4, -0.2) is 25.2 Å². The first-order chi connectivity index (χ1) is 9.36. The van der Waals surface area contributed by atoms with E-state index in [0.717, 1.165) is 5.56 Å². The molecule has 0 saturated carbocycles. The summed E-state index contributed by atoms with van der Waals surface area (Å²) in [7, 11) is 0. The summed E-state index contributed by atoms with van der Waals surface area (Å²) in [6.45, 7) is 10.1. The molecule has 0 heterocycles. The molecule has 0 amide bonds. The number of ether oxygens (including phenoxy) is 2. The Morgan fingerprint density at radius 1 is 1.20 bits per heavy atom. The van der Waals surface area contributed by atoms with Gasteiger partial charge in [-0.2, -0.15) is 0 Å². The Morgan fingerprint density at radius 2 is 1.85 bits per heavy atom. The minimum absolute atomic E-state index is 0.196. The van der Waals surface area contributed by atoms with Gasteiger partial charge in [-0.1, -0.05) is 31.5 Å². The van der Waals surface area contributed by atoms with Crippen LogP contribution in [0, 0.1) is 12.8 Å². The van der Waals surface area contributed by atoms with Gasteiger partial charge in [-0.15, -0.1) is 0 Å². The molecule has 0 aliphatic heterocycles. The second-order valence-electron chi connectivity index (χ2n) is 4.79. The topological polar surface area (TPSA) is 52.6 Å². The van der Waals surface area contributed by atoms with Gasteiger partial charge in [-0.05, 0) is 31.9 Å². The van der Waals surface area contributed by atoms with Crippen molar-refractivity contribution >= 4 is 11.9 Å². The molecular weight excluding hydrogens is 256 g/mol. The van der Waals surface area contributed by atoms with Crippen molar-refractivity contribution in [3.05, 3.63) is 35.4 Å². The largest absolute Gasteiger partial charge is 0.466 e. The van der Waals surface area contributed by atoms with E-state index in [9.17, 15) is 9.59 Å². The van der Waals surface area contributed by atoms with Gasteiger partial charge in [0.05, 0.1) is 18.8 Å². The van der Waals surface area contributed by atoms with Crippen LogP contribution in [0.2, 0.25) is 0 Å². The summed E-state index contributed by atoms with van der Waals surface area (Å²) in [5, 5.41) is 0. The van der Waals surface area contributed by atoms with Gasteiger partial charge in [0, 0.05) is 6.92 Å². The summed E-state index contributed by atoms with van der Waals surface area (Å²) in [6.07, 6.45) is 0. The zero-order valence-electron chi connectivity index (χ0n) is 12.9. The monoisotopic (exact) mass is 280 g/mol. The Bertz CT molecular complexity index is 424. The summed E-state index contributed by atoms with van der Waals surface area (Å²) in [5.74, 6) is -0.00111. The van der Waals surface area contributed by atoms with Crippen molar-refractivity contribution in [1.82, 2.24) is 0 Å². The van der Waals surface area contributed by atoms with Crippen LogP contribution >= 0.6 is 0 Å². The molecule has 4 nitrogen and oxygen atoms in total. The van der Waals surface area contributed by atoms with Crippen LogP contribution in [-0.2, 0) is 14.3 Å². The van der Waals surface area contributed by atoms with Gasteiger partial charge >= 0.3 is 11.9 Å². The van der Waals surface area contributed by atoms with Gasteiger partial charge in [-0.25, -0.2) is 4.79 Å². The predicted molar refractivity (Wildman–Crippen MR) is 78.6 cm³/mol. The summed E-state index contributed by atoms with van der Waals surface area (Å²) in [6, 6.07) is 7.37. The average molecular weight is 280 g/mol. The van der Waals surface area contributed by atoms with Crippen molar-refractivity contribution in [1.29, 1.82) is 0 Å². The van der Waals surface area contributed by atoms with E-state index < -0.39 is 0 Å². The van der Waals surface area contributed by atoms with Gasteiger partial charge in [0.15, 0.2) is 0 Å². The summed E-state index contributed by atoms with van der Waals surface area (Å²) in [4.78, 5) is 21.3. The Labute approximate surface area is 121 Å². The molecule has 0 aliphatic carbocycles. The first-order valence-corrected chi connectivity index (χ1v) is 6.74. The molecule has 112 valence electrons. The van der Waals surface area contributed by atoms with Crippen LogP contribution in [0.1, 0.15) is 43.6 Å². The normalized spacial score (nSPS) is 9.50. The molecule has 0 unspecified atom stereocenters. The number of aryl methyl sites for hydroxylation is 1. The number of hydrogen-bond donors (Lipinski definition) is 0. The molecule has 1 aromatic carbocycles. The lowest BCUT2D eigenvalue weighted by molar-refractivity contribution is -0.141. The SMILES string of the molecule is CC(=O)OCC(C)C.CCOC(=O)c1cccc(C)c1. The number of carbonyl (C=O) groups is 2. The highest BCUT2D eigenvalue weighted by Gasteiger charge is 2.04. The third-order valence-electron chi connectivity index (χ3n) is 2.15. The minimum Gasteiger partial charge on any atom is -0.466 e. The van der Waals surface area contributed by atoms with Crippen LogP contribution in [0.4, 0.5) is 0 Å². The molecule has 0 fully saturated rings. The summed E-state index contributed by atoms with van der Waals surface area (Å²) < 4.78 is 9.51. The second-order valence-corrected chi connectivity index (χ2v) is 4.79. The molecule has 0 aliphatic rings. The Morgan fingerprint density at radius 3 is 2.25 bits per heavy atom. The molecule has 0 radical (unpaired) electrons. The summed E-state index contributed by atoms with van der Waals surface area (Å²) >= 11 is 0. The van der Waals surface area contributed by atoms with Crippen molar-refractivity contribution in [3.63, 3.8) is 0 Å². The predicted octanol–water partition coefficient (Wildman–Crippen LogP) is 3.38. The first kappa shape index (κ1) is 18.2. The highest BCUT2D eigenvalue weighted by molar-refractivity contribution is 5.89. The van der Waals surface area contributed by atoms with Crippen LogP contribution in [0.3, 0.4) is 0 Å². The van der Waals surface area contributed by atoms with E-state index in [0.29, 0.717) is 24.7 Å². The Hall–Kier alpha value is -1.84. The van der Waals surface area contributed by atoms with Crippen molar-refractivity contribution in [2.75, 3.05) is 13.2 Å². The molecular formula is C16H24O4. The van der Waals surface area contributed by atoms with Crippen LogP contribution in [0.5, 0.6) is 0 Å². The quantitative estimate of drug-likeness (QED) is 0.793. The average Bonchev–Trinajstić information content (AvgIpc) is 2.37. The van der Waals surface area contributed by atoms with Gasteiger partial charge in [0.25, 0.3) is 0 Å². The first-order valence-electron chi connectivity index (χ1n) is 6.74. The molecule has 0 saturated heterocycles. The maximum Gasteiger partial charge on any atom is 0.338 e. The van der Waals surface area contributed by atoms with Crippen LogP contribution in [0.15, 0.2) is 24.3 Å². The number of carbonyl (C=O) groups excluding carboxylic acids is 2. The van der Waals surface area contributed by atoms with E-state index in [2.05, 4.69) is 4.74 Å². The van der Waals surface area contributed by atoms with Crippen molar-refractivity contribution in [3.8, 4) is 0 Å². The Balaban J connectivity index is 0.000000396. The third kappa shape index (κ3) is 9.14. The van der Waals surface area contributed by atoms with Crippen LogP contribution in [0.25, 0.3) is 0 Å². The number of rotatable bonds is 4. The fraction of sp³-hybridized carbons (Fsp3) is 0.500. The van der Waals surface area contributed by atoms with Gasteiger partial charge in [0.2, 0.25) is 0 Å². The zero-order chi connectivity index (χ0) is 15.5. The number of esters is 2. The lowest BCUT2D eigenvalue weighted by Crippen LogP contribution is -2.05. The molecule has 0 N–H and O–H groups in total. The Kier molecular flexibility index (Phi) is 9.09. The van der Waals surface area contributed by atoms with E-state index in [1.165, 1.54) is 6.92 Å². The van der Waals surface area contributed by atoms with Gasteiger partial charge in [-0.3, -0.25) is 4.79 Å². The highest BCUT2D eigenvalue weighted by Crippen LogP contribution is 2.05. The standard InChI is InChI=1S/C10H12O2.C6H12O2/c1-3-12-10(11)9-6-4-5-8(2)7-9;1-5(2)4-8-6(3)7/h4-7H,3H2,1-2H3;5H,4H2,1-3H3. The van der Waals surface area contributed by atoms with Gasteiger partial charge < -0.3 is 9.47 Å². The third-order valence-corrected chi connectivity index (χ3v) is 2.15. The van der Waals surface area contributed by atoms with Crippen LogP contribution < -0.4 is 0 Å². The fourth-order valence-electron chi connectivity index (χ4n) is 1.27. The van der Waals surface area contributed by atoms with Gasteiger partial charge in [0.1, 0.15) is 0 Å². The lowest BCUT2D eigenvalue weighted by atomic mass is 10.1. The maximum atomic E-state index is 11.2. The van der Waals surface area contributed by atoms with E-state index in [1.54, 1.807) is 13.0 Å². The van der Waals surface area contributed by atoms with E-state index in [-0.39, 0.29) is 11.9 Å². The van der Waals surface area contributed by atoms with Crippen molar-refractivity contribution in [2.45, 2.75) is 34.6 Å². The molecule has 0 bridgehead atoms. The van der Waals surface area contributed by atoms with E-state index in [1.807, 2.05) is 39.0 Å². The second kappa shape index (κ2) is 10.0.